The van der Waals surface area contributed by atoms with Crippen molar-refractivity contribution in [3.8, 4) is 16.9 Å². The molecule has 0 amide bonds. The Bertz CT molecular complexity index is 692. The zero-order valence-corrected chi connectivity index (χ0v) is 12.1. The molecule has 0 spiro atoms. The van der Waals surface area contributed by atoms with E-state index >= 15 is 0 Å². The third kappa shape index (κ3) is 2.24. The molecule has 2 aromatic carbocycles. The molecule has 0 radical (unpaired) electrons. The van der Waals surface area contributed by atoms with Gasteiger partial charge in [0.05, 0.1) is 0 Å². The van der Waals surface area contributed by atoms with Gasteiger partial charge in [0, 0.05) is 23.6 Å². The summed E-state index contributed by atoms with van der Waals surface area (Å²) >= 11 is 0. The molecule has 3 N–H and O–H groups in total. The van der Waals surface area contributed by atoms with E-state index in [-0.39, 0.29) is 24.0 Å². The summed E-state index contributed by atoms with van der Waals surface area (Å²) < 4.78 is 0. The first-order chi connectivity index (χ1) is 10.1. The summed E-state index contributed by atoms with van der Waals surface area (Å²) in [6.07, 6.45) is 1.64. The van der Waals surface area contributed by atoms with E-state index in [1.165, 1.54) is 0 Å². The van der Waals surface area contributed by atoms with Gasteiger partial charge in [0.25, 0.3) is 0 Å². The highest BCUT2D eigenvalue weighted by Crippen LogP contribution is 2.45. The highest BCUT2D eigenvalue weighted by atomic mass is 16.3. The second-order valence-corrected chi connectivity index (χ2v) is 5.60. The van der Waals surface area contributed by atoms with Crippen LogP contribution in [-0.4, -0.2) is 10.9 Å². The predicted octanol–water partition coefficient (Wildman–Crippen LogP) is 3.14. The van der Waals surface area contributed by atoms with Crippen molar-refractivity contribution in [2.24, 2.45) is 5.73 Å². The van der Waals surface area contributed by atoms with Crippen LogP contribution >= 0.6 is 0 Å². The lowest BCUT2D eigenvalue weighted by molar-refractivity contribution is -0.118. The standard InChI is InChI=1S/C18H19NO2/c1-11(20)14-7-8-15-16(14)9-13(10-19)18(21)17(15)12-5-3-2-4-6-12/h2-6,9,14,21H,7-8,10,19H2,1H3. The Labute approximate surface area is 124 Å². The minimum absolute atomic E-state index is 0.0617. The van der Waals surface area contributed by atoms with Crippen LogP contribution in [0.5, 0.6) is 5.75 Å². The normalized spacial score (nSPS) is 16.8. The number of fused-ring (bicyclic) bond motifs is 1. The van der Waals surface area contributed by atoms with Gasteiger partial charge in [-0.25, -0.2) is 0 Å². The van der Waals surface area contributed by atoms with E-state index in [1.54, 1.807) is 6.92 Å². The van der Waals surface area contributed by atoms with Gasteiger partial charge in [0.2, 0.25) is 0 Å². The first-order valence-corrected chi connectivity index (χ1v) is 7.27. The number of benzene rings is 2. The van der Waals surface area contributed by atoms with Crippen molar-refractivity contribution >= 4 is 5.78 Å². The van der Waals surface area contributed by atoms with Crippen molar-refractivity contribution in [2.75, 3.05) is 0 Å². The molecule has 0 aliphatic heterocycles. The molecule has 1 atom stereocenters. The summed E-state index contributed by atoms with van der Waals surface area (Å²) in [6, 6.07) is 11.7. The van der Waals surface area contributed by atoms with E-state index in [9.17, 15) is 9.90 Å². The van der Waals surface area contributed by atoms with Crippen LogP contribution in [0.1, 0.15) is 36.0 Å². The van der Waals surface area contributed by atoms with Gasteiger partial charge in [-0.3, -0.25) is 4.79 Å². The number of carbonyl (C=O) groups is 1. The van der Waals surface area contributed by atoms with E-state index in [2.05, 4.69) is 0 Å². The third-order valence-corrected chi connectivity index (χ3v) is 4.35. The maximum atomic E-state index is 11.8. The molecular formula is C18H19NO2. The molecule has 0 aromatic heterocycles. The summed E-state index contributed by atoms with van der Waals surface area (Å²) in [7, 11) is 0. The number of aromatic hydroxyl groups is 1. The van der Waals surface area contributed by atoms with Crippen molar-refractivity contribution in [1.29, 1.82) is 0 Å². The van der Waals surface area contributed by atoms with Gasteiger partial charge in [-0.15, -0.1) is 0 Å². The maximum Gasteiger partial charge on any atom is 0.137 e. The van der Waals surface area contributed by atoms with Crippen molar-refractivity contribution < 1.29 is 9.90 Å². The summed E-state index contributed by atoms with van der Waals surface area (Å²) in [5.74, 6) is 0.376. The van der Waals surface area contributed by atoms with Gasteiger partial charge in [-0.1, -0.05) is 30.3 Å². The highest BCUT2D eigenvalue weighted by Gasteiger charge is 2.30. The summed E-state index contributed by atoms with van der Waals surface area (Å²) in [5.41, 5.74) is 10.4. The van der Waals surface area contributed by atoms with E-state index < -0.39 is 0 Å². The largest absolute Gasteiger partial charge is 0.507 e. The number of hydrogen-bond donors (Lipinski definition) is 2. The molecule has 0 fully saturated rings. The highest BCUT2D eigenvalue weighted by molar-refractivity contribution is 5.87. The molecule has 1 aliphatic rings. The number of hydrogen-bond acceptors (Lipinski definition) is 3. The number of nitrogens with two attached hydrogens (primary N) is 1. The number of carbonyl (C=O) groups excluding carboxylic acids is 1. The molecule has 1 aliphatic carbocycles. The first-order valence-electron chi connectivity index (χ1n) is 7.27. The minimum atomic E-state index is -0.0617. The molecule has 2 aromatic rings. The second-order valence-electron chi connectivity index (χ2n) is 5.60. The molecule has 3 heteroatoms. The van der Waals surface area contributed by atoms with Crippen LogP contribution in [0.25, 0.3) is 11.1 Å². The van der Waals surface area contributed by atoms with Crippen molar-refractivity contribution in [3.05, 3.63) is 53.1 Å². The van der Waals surface area contributed by atoms with Crippen LogP contribution < -0.4 is 5.73 Å². The predicted molar refractivity (Wildman–Crippen MR) is 83.2 cm³/mol. The van der Waals surface area contributed by atoms with Crippen LogP contribution in [0.2, 0.25) is 0 Å². The van der Waals surface area contributed by atoms with Crippen LogP contribution in [0, 0.1) is 0 Å². The fourth-order valence-electron chi connectivity index (χ4n) is 3.31. The van der Waals surface area contributed by atoms with Crippen LogP contribution in [0.3, 0.4) is 0 Å². The van der Waals surface area contributed by atoms with Crippen LogP contribution in [0.4, 0.5) is 0 Å². The van der Waals surface area contributed by atoms with Crippen molar-refractivity contribution in [1.82, 2.24) is 0 Å². The Morgan fingerprint density at radius 2 is 2.05 bits per heavy atom. The Balaban J connectivity index is 2.27. The Morgan fingerprint density at radius 1 is 1.33 bits per heavy atom. The number of phenols is 1. The zero-order valence-electron chi connectivity index (χ0n) is 12.1. The fraction of sp³-hybridized carbons (Fsp3) is 0.278. The smallest absolute Gasteiger partial charge is 0.137 e. The first kappa shape index (κ1) is 13.8. The molecule has 0 saturated carbocycles. The Kier molecular flexibility index (Phi) is 3.52. The Hall–Kier alpha value is -2.13. The van der Waals surface area contributed by atoms with Crippen LogP contribution in [-0.2, 0) is 17.8 Å². The van der Waals surface area contributed by atoms with E-state index in [4.69, 9.17) is 5.73 Å². The quantitative estimate of drug-likeness (QED) is 0.908. The van der Waals surface area contributed by atoms with Crippen LogP contribution in [0.15, 0.2) is 36.4 Å². The number of Topliss-reactive ketones (excluding diaryl/α,β-unsaturated/α-hetero) is 1. The molecular weight excluding hydrogens is 262 g/mol. The molecule has 1 unspecified atom stereocenters. The SMILES string of the molecule is CC(=O)C1CCc2c1cc(CN)c(O)c2-c1ccccc1. The molecule has 3 rings (SSSR count). The van der Waals surface area contributed by atoms with E-state index in [1.807, 2.05) is 36.4 Å². The fourth-order valence-corrected chi connectivity index (χ4v) is 3.31. The lowest BCUT2D eigenvalue weighted by Gasteiger charge is -2.16. The summed E-state index contributed by atoms with van der Waals surface area (Å²) in [5, 5.41) is 10.6. The number of ketones is 1. The molecule has 0 bridgehead atoms. The van der Waals surface area contributed by atoms with Gasteiger partial charge in [-0.05, 0) is 42.5 Å². The number of rotatable bonds is 3. The summed E-state index contributed by atoms with van der Waals surface area (Å²) in [6.45, 7) is 1.90. The van der Waals surface area contributed by atoms with Gasteiger partial charge < -0.3 is 10.8 Å². The maximum absolute atomic E-state index is 11.8. The average Bonchev–Trinajstić information content (AvgIpc) is 2.91. The average molecular weight is 281 g/mol. The molecule has 21 heavy (non-hydrogen) atoms. The molecule has 108 valence electrons. The van der Waals surface area contributed by atoms with E-state index in [0.717, 1.165) is 35.1 Å². The lowest BCUT2D eigenvalue weighted by Crippen LogP contribution is -2.07. The molecule has 0 saturated heterocycles. The van der Waals surface area contributed by atoms with Crippen molar-refractivity contribution in [3.63, 3.8) is 0 Å². The molecule has 3 nitrogen and oxygen atoms in total. The Morgan fingerprint density at radius 3 is 2.67 bits per heavy atom. The third-order valence-electron chi connectivity index (χ3n) is 4.35. The van der Waals surface area contributed by atoms with Gasteiger partial charge in [0.1, 0.15) is 11.5 Å². The monoisotopic (exact) mass is 281 g/mol. The minimum Gasteiger partial charge on any atom is -0.507 e. The second kappa shape index (κ2) is 5.34. The summed E-state index contributed by atoms with van der Waals surface area (Å²) in [4.78, 5) is 11.8. The van der Waals surface area contributed by atoms with Crippen molar-refractivity contribution in [2.45, 2.75) is 32.2 Å². The van der Waals surface area contributed by atoms with Gasteiger partial charge in [0.15, 0.2) is 0 Å². The number of phenolic OH excluding ortho intramolecular Hbond substituents is 1. The molecule has 0 heterocycles. The lowest BCUT2D eigenvalue weighted by atomic mass is 9.90. The van der Waals surface area contributed by atoms with E-state index in [0.29, 0.717) is 5.56 Å². The topological polar surface area (TPSA) is 63.3 Å². The zero-order chi connectivity index (χ0) is 15.0. The van der Waals surface area contributed by atoms with Gasteiger partial charge in [-0.2, -0.15) is 0 Å². The van der Waals surface area contributed by atoms with Gasteiger partial charge >= 0.3 is 0 Å².